The van der Waals surface area contributed by atoms with Crippen LogP contribution in [-0.2, 0) is 4.74 Å². The molecule has 0 aromatic heterocycles. The molecular weight excluding hydrogens is 212 g/mol. The molecule has 3 unspecified atom stereocenters. The molecule has 0 aromatic carbocycles. The van der Waals surface area contributed by atoms with E-state index in [9.17, 15) is 0 Å². The molecule has 3 rings (SSSR count). The van der Waals surface area contributed by atoms with Crippen molar-refractivity contribution in [3.05, 3.63) is 0 Å². The third-order valence-corrected chi connectivity index (χ3v) is 4.77. The van der Waals surface area contributed by atoms with Crippen LogP contribution in [0.1, 0.15) is 44.9 Å². The summed E-state index contributed by atoms with van der Waals surface area (Å²) in [7, 11) is 0. The summed E-state index contributed by atoms with van der Waals surface area (Å²) in [6.07, 6.45) is 9.83. The summed E-state index contributed by atoms with van der Waals surface area (Å²) in [5.41, 5.74) is 0. The van der Waals surface area contributed by atoms with Gasteiger partial charge in [-0.05, 0) is 38.1 Å². The Morgan fingerprint density at radius 2 is 1.76 bits per heavy atom. The van der Waals surface area contributed by atoms with Gasteiger partial charge in [-0.2, -0.15) is 0 Å². The Hall–Kier alpha value is -0.120. The van der Waals surface area contributed by atoms with Crippen LogP contribution in [0.15, 0.2) is 0 Å². The van der Waals surface area contributed by atoms with Crippen molar-refractivity contribution in [2.75, 3.05) is 19.8 Å². The molecule has 3 nitrogen and oxygen atoms in total. The van der Waals surface area contributed by atoms with Crippen LogP contribution in [0.25, 0.3) is 0 Å². The molecule has 0 amide bonds. The van der Waals surface area contributed by atoms with Crippen LogP contribution < -0.4 is 10.6 Å². The van der Waals surface area contributed by atoms with Crippen LogP contribution in [-0.4, -0.2) is 37.9 Å². The van der Waals surface area contributed by atoms with E-state index in [1.54, 1.807) is 0 Å². The number of nitrogens with one attached hydrogen (secondary N) is 2. The minimum Gasteiger partial charge on any atom is -0.378 e. The van der Waals surface area contributed by atoms with Crippen LogP contribution in [0.2, 0.25) is 0 Å². The van der Waals surface area contributed by atoms with E-state index in [2.05, 4.69) is 10.6 Å². The molecule has 0 bridgehead atoms. The first-order valence-corrected chi connectivity index (χ1v) is 7.50. The predicted molar refractivity (Wildman–Crippen MR) is 69.1 cm³/mol. The number of piperidine rings is 1. The maximum absolute atomic E-state index is 5.28. The van der Waals surface area contributed by atoms with Gasteiger partial charge in [0.2, 0.25) is 0 Å². The fraction of sp³-hybridized carbons (Fsp3) is 1.00. The van der Waals surface area contributed by atoms with Gasteiger partial charge in [0.1, 0.15) is 0 Å². The zero-order chi connectivity index (χ0) is 11.5. The van der Waals surface area contributed by atoms with E-state index in [1.165, 1.54) is 51.5 Å². The van der Waals surface area contributed by atoms with Gasteiger partial charge in [0.15, 0.2) is 0 Å². The molecule has 0 aromatic rings. The van der Waals surface area contributed by atoms with Crippen molar-refractivity contribution in [2.24, 2.45) is 5.92 Å². The number of ether oxygens (including phenoxy) is 1. The molecule has 2 N–H and O–H groups in total. The van der Waals surface area contributed by atoms with Gasteiger partial charge in [-0.15, -0.1) is 0 Å². The van der Waals surface area contributed by atoms with Crippen molar-refractivity contribution in [3.63, 3.8) is 0 Å². The molecule has 1 saturated carbocycles. The molecule has 3 heteroatoms. The van der Waals surface area contributed by atoms with Crippen LogP contribution in [0, 0.1) is 5.92 Å². The number of rotatable bonds is 3. The Morgan fingerprint density at radius 1 is 0.941 bits per heavy atom. The molecule has 2 saturated heterocycles. The van der Waals surface area contributed by atoms with Crippen LogP contribution in [0.3, 0.4) is 0 Å². The average molecular weight is 238 g/mol. The van der Waals surface area contributed by atoms with E-state index in [0.29, 0.717) is 6.04 Å². The van der Waals surface area contributed by atoms with Crippen molar-refractivity contribution < 1.29 is 4.74 Å². The van der Waals surface area contributed by atoms with Gasteiger partial charge in [0.05, 0.1) is 19.3 Å². The predicted octanol–water partition coefficient (Wildman–Crippen LogP) is 1.68. The molecular formula is C14H26N2O. The Labute approximate surface area is 105 Å². The lowest BCUT2D eigenvalue weighted by Gasteiger charge is -2.42. The standard InChI is InChI=1S/C14H26N2O/c1-2-7-14(16-11-9-17-10-11)12(5-1)13-6-3-4-8-15-13/h11-16H,1-10H2. The van der Waals surface area contributed by atoms with E-state index in [0.717, 1.165) is 31.2 Å². The minimum atomic E-state index is 0.643. The highest BCUT2D eigenvalue weighted by atomic mass is 16.5. The highest BCUT2D eigenvalue weighted by Crippen LogP contribution is 2.31. The van der Waals surface area contributed by atoms with E-state index < -0.39 is 0 Å². The molecule has 0 radical (unpaired) electrons. The summed E-state index contributed by atoms with van der Waals surface area (Å²) in [6.45, 7) is 3.10. The van der Waals surface area contributed by atoms with Gasteiger partial charge in [-0.25, -0.2) is 0 Å². The van der Waals surface area contributed by atoms with Crippen LogP contribution >= 0.6 is 0 Å². The van der Waals surface area contributed by atoms with Gasteiger partial charge in [0, 0.05) is 12.1 Å². The summed E-state index contributed by atoms with van der Waals surface area (Å²) < 4.78 is 5.28. The van der Waals surface area contributed by atoms with Gasteiger partial charge in [0.25, 0.3) is 0 Å². The number of hydrogen-bond acceptors (Lipinski definition) is 3. The van der Waals surface area contributed by atoms with Crippen LogP contribution in [0.5, 0.6) is 0 Å². The summed E-state index contributed by atoms with van der Waals surface area (Å²) in [5, 5.41) is 7.59. The Kier molecular flexibility index (Phi) is 3.99. The molecule has 2 aliphatic heterocycles. The van der Waals surface area contributed by atoms with Gasteiger partial charge in [-0.1, -0.05) is 19.3 Å². The normalized spacial score (nSPS) is 39.9. The fourth-order valence-corrected chi connectivity index (χ4v) is 3.73. The van der Waals surface area contributed by atoms with Crippen molar-refractivity contribution in [3.8, 4) is 0 Å². The van der Waals surface area contributed by atoms with Crippen molar-refractivity contribution >= 4 is 0 Å². The quantitative estimate of drug-likeness (QED) is 0.785. The van der Waals surface area contributed by atoms with Crippen LogP contribution in [0.4, 0.5) is 0 Å². The van der Waals surface area contributed by atoms with Gasteiger partial charge < -0.3 is 15.4 Å². The zero-order valence-corrected chi connectivity index (χ0v) is 10.8. The van der Waals surface area contributed by atoms with E-state index in [-0.39, 0.29) is 0 Å². The maximum atomic E-state index is 5.28. The summed E-state index contributed by atoms with van der Waals surface area (Å²) in [6, 6.07) is 2.17. The molecule has 0 spiro atoms. The van der Waals surface area contributed by atoms with E-state index in [4.69, 9.17) is 4.74 Å². The third-order valence-electron chi connectivity index (χ3n) is 4.77. The molecule has 1 aliphatic carbocycles. The topological polar surface area (TPSA) is 33.3 Å². The van der Waals surface area contributed by atoms with Gasteiger partial charge >= 0.3 is 0 Å². The summed E-state index contributed by atoms with van der Waals surface area (Å²) in [5.74, 6) is 0.865. The molecule has 3 atom stereocenters. The largest absolute Gasteiger partial charge is 0.378 e. The first-order chi connectivity index (χ1) is 8.43. The molecule has 17 heavy (non-hydrogen) atoms. The lowest BCUT2D eigenvalue weighted by atomic mass is 9.77. The second kappa shape index (κ2) is 5.68. The Balaban J connectivity index is 1.57. The highest BCUT2D eigenvalue weighted by Gasteiger charge is 2.34. The maximum Gasteiger partial charge on any atom is 0.0643 e. The molecule has 3 aliphatic rings. The average Bonchev–Trinajstić information content (AvgIpc) is 2.35. The molecule has 3 fully saturated rings. The molecule has 98 valence electrons. The monoisotopic (exact) mass is 238 g/mol. The van der Waals surface area contributed by atoms with Crippen molar-refractivity contribution in [2.45, 2.75) is 63.1 Å². The lowest BCUT2D eigenvalue weighted by molar-refractivity contribution is -0.0178. The van der Waals surface area contributed by atoms with E-state index in [1.807, 2.05) is 0 Å². The lowest BCUT2D eigenvalue weighted by Crippen LogP contribution is -2.57. The highest BCUT2D eigenvalue weighted by molar-refractivity contribution is 4.92. The van der Waals surface area contributed by atoms with E-state index >= 15 is 0 Å². The second-order valence-corrected chi connectivity index (χ2v) is 6.01. The summed E-state index contributed by atoms with van der Waals surface area (Å²) >= 11 is 0. The van der Waals surface area contributed by atoms with Crippen molar-refractivity contribution in [1.29, 1.82) is 0 Å². The Morgan fingerprint density at radius 3 is 2.47 bits per heavy atom. The zero-order valence-electron chi connectivity index (χ0n) is 10.8. The first kappa shape index (κ1) is 11.9. The Bertz CT molecular complexity index is 236. The van der Waals surface area contributed by atoms with Gasteiger partial charge in [-0.3, -0.25) is 0 Å². The molecule has 2 heterocycles. The number of hydrogen-bond donors (Lipinski definition) is 2. The fourth-order valence-electron chi connectivity index (χ4n) is 3.73. The SMILES string of the molecule is C1CCC(C2CCCCC2NC2COC2)NC1. The third kappa shape index (κ3) is 2.83. The summed E-state index contributed by atoms with van der Waals surface area (Å²) in [4.78, 5) is 0. The smallest absolute Gasteiger partial charge is 0.0643 e. The second-order valence-electron chi connectivity index (χ2n) is 6.01. The minimum absolute atomic E-state index is 0.643. The first-order valence-electron chi connectivity index (χ1n) is 7.50. The van der Waals surface area contributed by atoms with Crippen molar-refractivity contribution in [1.82, 2.24) is 10.6 Å².